The van der Waals surface area contributed by atoms with E-state index >= 15 is 0 Å². The van der Waals surface area contributed by atoms with Gasteiger partial charge < -0.3 is 5.32 Å². The Balaban J connectivity index is 1.46. The summed E-state index contributed by atoms with van der Waals surface area (Å²) in [6, 6.07) is 3.56. The van der Waals surface area contributed by atoms with E-state index in [0.29, 0.717) is 18.2 Å². The molecule has 0 unspecified atom stereocenters. The number of sulfone groups is 1. The van der Waals surface area contributed by atoms with Crippen molar-refractivity contribution >= 4 is 21.4 Å². The van der Waals surface area contributed by atoms with E-state index in [1.54, 1.807) is 0 Å². The van der Waals surface area contributed by atoms with Crippen molar-refractivity contribution in [2.45, 2.75) is 24.9 Å². The molecule has 2 aromatic heterocycles. The minimum Gasteiger partial charge on any atom is -0.324 e. The number of pyridine rings is 1. The Labute approximate surface area is 190 Å². The van der Waals surface area contributed by atoms with Gasteiger partial charge in [0.05, 0.1) is 41.1 Å². The Morgan fingerprint density at radius 3 is 2.62 bits per heavy atom. The Bertz CT molecular complexity index is 1350. The molecule has 180 valence electrons. The minimum absolute atomic E-state index is 0.0304. The summed E-state index contributed by atoms with van der Waals surface area (Å²) in [6.45, 7) is 0. The van der Waals surface area contributed by atoms with Gasteiger partial charge in [0.15, 0.2) is 21.5 Å². The third kappa shape index (κ3) is 5.08. The standard InChI is InChI=1S/C21H17F5N4O3S/c22-16-7-14(29-18(31)6-12-2-1-3-15(19(12)23)21(24,25)26)8-27-20(16)30-9-17(28-11-30)13-4-5-34(32,33)10-13/h1-3,7-9,11,13H,4-6,10H2,(H,29,31)/t13-/m0/s1. The van der Waals surface area contributed by atoms with Gasteiger partial charge in [0.1, 0.15) is 12.1 Å². The first kappa shape index (κ1) is 23.8. The van der Waals surface area contributed by atoms with Crippen molar-refractivity contribution < 1.29 is 35.2 Å². The molecule has 4 rings (SSSR count). The van der Waals surface area contributed by atoms with Crippen LogP contribution in [0.15, 0.2) is 43.0 Å². The van der Waals surface area contributed by atoms with Crippen molar-refractivity contribution in [3.63, 3.8) is 0 Å². The van der Waals surface area contributed by atoms with E-state index < -0.39 is 51.1 Å². The predicted octanol–water partition coefficient (Wildman–Crippen LogP) is 3.65. The second kappa shape index (κ2) is 8.78. The van der Waals surface area contributed by atoms with Gasteiger partial charge in [-0.05, 0) is 18.1 Å². The summed E-state index contributed by atoms with van der Waals surface area (Å²) in [6.07, 6.45) is -1.29. The summed E-state index contributed by atoms with van der Waals surface area (Å²) in [5.74, 6) is -3.65. The molecule has 0 saturated carbocycles. The van der Waals surface area contributed by atoms with Crippen LogP contribution in [0.4, 0.5) is 27.6 Å². The third-order valence-electron chi connectivity index (χ3n) is 5.34. The second-order valence-electron chi connectivity index (χ2n) is 7.84. The summed E-state index contributed by atoms with van der Waals surface area (Å²) >= 11 is 0. The molecule has 1 aliphatic rings. The highest BCUT2D eigenvalue weighted by molar-refractivity contribution is 7.91. The molecule has 1 N–H and O–H groups in total. The average Bonchev–Trinajstić information content (AvgIpc) is 3.35. The van der Waals surface area contributed by atoms with E-state index in [0.717, 1.165) is 24.4 Å². The Kier molecular flexibility index (Phi) is 6.14. The molecule has 1 aliphatic heterocycles. The number of rotatable bonds is 5. The fourth-order valence-electron chi connectivity index (χ4n) is 3.70. The fraction of sp³-hybridized carbons (Fsp3) is 0.286. The number of alkyl halides is 3. The number of aromatic nitrogens is 3. The summed E-state index contributed by atoms with van der Waals surface area (Å²) in [7, 11) is -3.12. The molecular formula is C21H17F5N4O3S. The topological polar surface area (TPSA) is 93.9 Å². The molecule has 0 bridgehead atoms. The highest BCUT2D eigenvalue weighted by Gasteiger charge is 2.35. The van der Waals surface area contributed by atoms with Crippen LogP contribution in [0.5, 0.6) is 0 Å². The molecule has 0 spiro atoms. The Morgan fingerprint density at radius 1 is 1.21 bits per heavy atom. The van der Waals surface area contributed by atoms with Gasteiger partial charge in [-0.3, -0.25) is 9.36 Å². The van der Waals surface area contributed by atoms with Crippen molar-refractivity contribution in [1.29, 1.82) is 0 Å². The van der Waals surface area contributed by atoms with E-state index in [-0.39, 0.29) is 28.9 Å². The number of anilines is 1. The lowest BCUT2D eigenvalue weighted by Gasteiger charge is -2.11. The molecule has 7 nitrogen and oxygen atoms in total. The quantitative estimate of drug-likeness (QED) is 0.540. The molecule has 1 fully saturated rings. The predicted molar refractivity (Wildman–Crippen MR) is 111 cm³/mol. The zero-order chi connectivity index (χ0) is 24.7. The lowest BCUT2D eigenvalue weighted by atomic mass is 10.1. The second-order valence-corrected chi connectivity index (χ2v) is 10.1. The average molecular weight is 500 g/mol. The number of hydrogen-bond donors (Lipinski definition) is 1. The van der Waals surface area contributed by atoms with Crippen LogP contribution in [0.1, 0.15) is 29.2 Å². The fourth-order valence-corrected chi connectivity index (χ4v) is 5.46. The normalized spacial score (nSPS) is 17.6. The van der Waals surface area contributed by atoms with Crippen LogP contribution in [0, 0.1) is 11.6 Å². The van der Waals surface area contributed by atoms with Gasteiger partial charge in [0.25, 0.3) is 0 Å². The molecule has 1 saturated heterocycles. The minimum atomic E-state index is -4.90. The van der Waals surface area contributed by atoms with Gasteiger partial charge in [-0.1, -0.05) is 12.1 Å². The van der Waals surface area contributed by atoms with Crippen molar-refractivity contribution in [3.05, 3.63) is 71.4 Å². The van der Waals surface area contributed by atoms with Crippen LogP contribution < -0.4 is 5.32 Å². The molecule has 3 heterocycles. The van der Waals surface area contributed by atoms with Gasteiger partial charge >= 0.3 is 6.18 Å². The number of imidazole rings is 1. The van der Waals surface area contributed by atoms with Crippen LogP contribution in [0.25, 0.3) is 5.82 Å². The zero-order valence-corrected chi connectivity index (χ0v) is 18.1. The van der Waals surface area contributed by atoms with E-state index in [1.807, 2.05) is 0 Å². The van der Waals surface area contributed by atoms with Crippen LogP contribution in [-0.2, 0) is 27.2 Å². The number of amides is 1. The van der Waals surface area contributed by atoms with Gasteiger partial charge in [0.2, 0.25) is 5.91 Å². The number of carbonyl (C=O) groups is 1. The van der Waals surface area contributed by atoms with Crippen molar-refractivity contribution in [2.75, 3.05) is 16.8 Å². The van der Waals surface area contributed by atoms with Crippen LogP contribution >= 0.6 is 0 Å². The van der Waals surface area contributed by atoms with Crippen LogP contribution in [-0.4, -0.2) is 40.4 Å². The summed E-state index contributed by atoms with van der Waals surface area (Å²) in [4.78, 5) is 20.3. The number of halogens is 5. The van der Waals surface area contributed by atoms with E-state index in [9.17, 15) is 35.2 Å². The van der Waals surface area contributed by atoms with E-state index in [4.69, 9.17) is 0 Å². The lowest BCUT2D eigenvalue weighted by molar-refractivity contribution is -0.140. The molecule has 3 aromatic rings. The first-order valence-electron chi connectivity index (χ1n) is 9.97. The number of hydrogen-bond acceptors (Lipinski definition) is 5. The third-order valence-corrected chi connectivity index (χ3v) is 7.11. The molecular weight excluding hydrogens is 483 g/mol. The number of benzene rings is 1. The van der Waals surface area contributed by atoms with E-state index in [1.165, 1.54) is 17.1 Å². The smallest absolute Gasteiger partial charge is 0.324 e. The van der Waals surface area contributed by atoms with Crippen molar-refractivity contribution in [1.82, 2.24) is 14.5 Å². The summed E-state index contributed by atoms with van der Waals surface area (Å²) in [5, 5.41) is 2.27. The molecule has 34 heavy (non-hydrogen) atoms. The molecule has 13 heteroatoms. The molecule has 1 atom stereocenters. The molecule has 1 amide bonds. The maximum absolute atomic E-state index is 14.6. The van der Waals surface area contributed by atoms with Crippen molar-refractivity contribution in [2.24, 2.45) is 0 Å². The number of nitrogens with zero attached hydrogens (tertiary/aromatic N) is 3. The Hall–Kier alpha value is -3.35. The SMILES string of the molecule is O=C(Cc1cccc(C(F)(F)F)c1F)Nc1cnc(-n2cnc([C@H]3CCS(=O)(=O)C3)c2)c(F)c1. The molecule has 0 aliphatic carbocycles. The first-order chi connectivity index (χ1) is 15.9. The first-order valence-corrected chi connectivity index (χ1v) is 11.8. The maximum atomic E-state index is 14.6. The lowest BCUT2D eigenvalue weighted by Crippen LogP contribution is -2.17. The highest BCUT2D eigenvalue weighted by atomic mass is 32.2. The van der Waals surface area contributed by atoms with Crippen molar-refractivity contribution in [3.8, 4) is 5.82 Å². The maximum Gasteiger partial charge on any atom is 0.419 e. The summed E-state index contributed by atoms with van der Waals surface area (Å²) in [5.41, 5.74) is -1.54. The highest BCUT2D eigenvalue weighted by Crippen LogP contribution is 2.32. The summed E-state index contributed by atoms with van der Waals surface area (Å²) < 4.78 is 91.8. The number of carbonyl (C=O) groups excluding carboxylic acids is 1. The largest absolute Gasteiger partial charge is 0.419 e. The monoisotopic (exact) mass is 500 g/mol. The molecule has 1 aromatic carbocycles. The number of nitrogens with one attached hydrogen (secondary N) is 1. The molecule has 0 radical (unpaired) electrons. The Morgan fingerprint density at radius 2 is 1.97 bits per heavy atom. The van der Waals surface area contributed by atoms with E-state index in [2.05, 4.69) is 15.3 Å². The van der Waals surface area contributed by atoms with Gasteiger partial charge in [0, 0.05) is 18.2 Å². The van der Waals surface area contributed by atoms with Gasteiger partial charge in [-0.15, -0.1) is 0 Å². The van der Waals surface area contributed by atoms with Crippen LogP contribution in [0.3, 0.4) is 0 Å². The van der Waals surface area contributed by atoms with Gasteiger partial charge in [-0.25, -0.2) is 27.2 Å². The van der Waals surface area contributed by atoms with Crippen LogP contribution in [0.2, 0.25) is 0 Å². The zero-order valence-electron chi connectivity index (χ0n) is 17.3. The van der Waals surface area contributed by atoms with Gasteiger partial charge in [-0.2, -0.15) is 13.2 Å².